The molecule has 0 unspecified atom stereocenters. The van der Waals surface area contributed by atoms with Crippen LogP contribution in [0.4, 0.5) is 5.69 Å². The third kappa shape index (κ3) is 3.82. The molecule has 0 saturated heterocycles. The molecule has 1 amide bonds. The van der Waals surface area contributed by atoms with E-state index < -0.39 is 8.32 Å². The summed E-state index contributed by atoms with van der Waals surface area (Å²) in [6.45, 7) is 17.2. The van der Waals surface area contributed by atoms with Gasteiger partial charge >= 0.3 is 7.41 Å². The molecule has 29 heavy (non-hydrogen) atoms. The Morgan fingerprint density at radius 1 is 1.17 bits per heavy atom. The summed E-state index contributed by atoms with van der Waals surface area (Å²) in [4.78, 5) is 29.1. The summed E-state index contributed by atoms with van der Waals surface area (Å²) >= 11 is 0. The summed E-state index contributed by atoms with van der Waals surface area (Å²) in [5.41, 5.74) is 4.78. The van der Waals surface area contributed by atoms with Crippen molar-refractivity contribution in [1.82, 2.24) is 4.90 Å². The molecular weight excluding hydrogens is 379 g/mol. The monoisotopic (exact) mass is 412 g/mol. The Bertz CT molecular complexity index is 876. The van der Waals surface area contributed by atoms with Crippen LogP contribution in [0.5, 0.6) is 0 Å². The van der Waals surface area contributed by atoms with Crippen LogP contribution in [-0.4, -0.2) is 45.0 Å². The van der Waals surface area contributed by atoms with E-state index in [1.54, 1.807) is 0 Å². The zero-order valence-corrected chi connectivity index (χ0v) is 20.0. The molecule has 0 saturated carbocycles. The van der Waals surface area contributed by atoms with Gasteiger partial charge in [-0.1, -0.05) is 26.3 Å². The van der Waals surface area contributed by atoms with Crippen LogP contribution in [0.1, 0.15) is 55.6 Å². The molecule has 5 nitrogen and oxygen atoms in total. The number of hydrogen-bond donors (Lipinski definition) is 0. The molecule has 2 aliphatic heterocycles. The summed E-state index contributed by atoms with van der Waals surface area (Å²) in [5.74, 6) is -0.0119. The van der Waals surface area contributed by atoms with E-state index in [1.807, 2.05) is 41.9 Å². The fraction of sp³-hybridized carbons (Fsp3) is 0.545. The van der Waals surface area contributed by atoms with Crippen LogP contribution in [0.25, 0.3) is 0 Å². The molecule has 1 aromatic carbocycles. The van der Waals surface area contributed by atoms with E-state index in [0.29, 0.717) is 5.56 Å². The van der Waals surface area contributed by atoms with Crippen molar-refractivity contribution in [1.29, 1.82) is 0 Å². The van der Waals surface area contributed by atoms with Gasteiger partial charge in [0.05, 0.1) is 11.6 Å². The van der Waals surface area contributed by atoms with Crippen molar-refractivity contribution < 1.29 is 14.0 Å². The number of amides is 1. The van der Waals surface area contributed by atoms with Gasteiger partial charge in [-0.2, -0.15) is 0 Å². The number of hydrogen-bond acceptors (Lipinski definition) is 4. The highest BCUT2D eigenvalue weighted by atomic mass is 28.4. The maximum absolute atomic E-state index is 13.5. The molecular formula is C22H33BN2O3Si. The molecule has 0 radical (unpaired) electrons. The Hall–Kier alpha value is -1.86. The second kappa shape index (κ2) is 7.44. The van der Waals surface area contributed by atoms with Crippen molar-refractivity contribution in [2.24, 2.45) is 0 Å². The summed E-state index contributed by atoms with van der Waals surface area (Å²) in [5, 5.41) is 0.0219. The molecule has 156 valence electrons. The smallest absolute Gasteiger partial charge is 0.312 e. The number of rotatable bonds is 4. The quantitative estimate of drug-likeness (QED) is 0.551. The first-order valence-corrected chi connectivity index (χ1v) is 13.3. The lowest BCUT2D eigenvalue weighted by Gasteiger charge is -2.45. The van der Waals surface area contributed by atoms with Crippen molar-refractivity contribution in [3.8, 4) is 0 Å². The fourth-order valence-corrected chi connectivity index (χ4v) is 5.10. The number of carbonyl (C=O) groups is 2. The van der Waals surface area contributed by atoms with E-state index in [4.69, 9.17) is 4.43 Å². The molecule has 2 atom stereocenters. The fourth-order valence-electron chi connectivity index (χ4n) is 3.86. The van der Waals surface area contributed by atoms with E-state index >= 15 is 0 Å². The van der Waals surface area contributed by atoms with Crippen LogP contribution in [0.2, 0.25) is 18.1 Å². The van der Waals surface area contributed by atoms with E-state index in [9.17, 15) is 9.59 Å². The minimum absolute atomic E-state index is 0.0119. The van der Waals surface area contributed by atoms with E-state index in [1.165, 1.54) is 0 Å². The summed E-state index contributed by atoms with van der Waals surface area (Å²) in [6.07, 6.45) is 3.27. The van der Waals surface area contributed by atoms with Gasteiger partial charge < -0.3 is 18.9 Å². The predicted molar refractivity (Wildman–Crippen MR) is 123 cm³/mol. The SMILES string of the molecule is CC1=CN2C(=O)c3cc(C)c(C)cc3N(BC=O)[C@@H](O[Si](C)(C)C(C)(C)C)[C@@H]2C1. The zero-order valence-electron chi connectivity index (χ0n) is 19.0. The molecule has 3 rings (SSSR count). The van der Waals surface area contributed by atoms with E-state index in [-0.39, 0.29) is 30.6 Å². The van der Waals surface area contributed by atoms with Crippen LogP contribution in [0.3, 0.4) is 0 Å². The highest BCUT2D eigenvalue weighted by Gasteiger charge is 2.48. The Morgan fingerprint density at radius 3 is 2.38 bits per heavy atom. The minimum atomic E-state index is -2.15. The largest absolute Gasteiger partial charge is 0.396 e. The maximum atomic E-state index is 13.5. The van der Waals surface area contributed by atoms with Gasteiger partial charge in [0.1, 0.15) is 12.4 Å². The standard InChI is InChI=1S/C22H33BN2O3Si/c1-14-9-19-21(28-29(7,8)22(4,5)6)25(23-13-26)18-11-16(3)15(2)10-17(18)20(27)24(19)12-14/h10-13,19,21,23H,9H2,1-8H3/t19-,21-/m0/s1. The van der Waals surface area contributed by atoms with Crippen LogP contribution in [0.15, 0.2) is 23.9 Å². The number of nitrogens with zero attached hydrogens (tertiary/aromatic N) is 2. The van der Waals surface area contributed by atoms with Gasteiger partial charge in [0, 0.05) is 11.9 Å². The first kappa shape index (κ1) is 21.8. The number of carbonyl (C=O) groups excluding carboxylic acids is 2. The number of benzene rings is 1. The number of aryl methyl sites for hydroxylation is 2. The van der Waals surface area contributed by atoms with Crippen LogP contribution >= 0.6 is 0 Å². The second-order valence-electron chi connectivity index (χ2n) is 10.0. The lowest BCUT2D eigenvalue weighted by molar-refractivity contribution is 0.0638. The first-order valence-electron chi connectivity index (χ1n) is 10.4. The van der Waals surface area contributed by atoms with Crippen molar-refractivity contribution >= 4 is 33.5 Å². The normalized spacial score (nSPS) is 22.1. The van der Waals surface area contributed by atoms with Crippen molar-refractivity contribution in [2.45, 2.75) is 78.4 Å². The van der Waals surface area contributed by atoms with Gasteiger partial charge in [-0.3, -0.25) is 4.79 Å². The third-order valence-corrected chi connectivity index (χ3v) is 11.2. The summed E-state index contributed by atoms with van der Waals surface area (Å²) in [7, 11) is -1.95. The molecule has 0 aromatic heterocycles. The van der Waals surface area contributed by atoms with Crippen LogP contribution in [0, 0.1) is 13.8 Å². The van der Waals surface area contributed by atoms with Crippen molar-refractivity contribution in [3.63, 3.8) is 0 Å². The lowest BCUT2D eigenvalue weighted by Crippen LogP contribution is -2.57. The van der Waals surface area contributed by atoms with Crippen molar-refractivity contribution in [3.05, 3.63) is 40.6 Å². The highest BCUT2D eigenvalue weighted by Crippen LogP contribution is 2.42. The van der Waals surface area contributed by atoms with Crippen molar-refractivity contribution in [2.75, 3.05) is 4.81 Å². The Balaban J connectivity index is 2.20. The predicted octanol–water partition coefficient (Wildman–Crippen LogP) is 4.13. The molecule has 0 aliphatic carbocycles. The second-order valence-corrected chi connectivity index (χ2v) is 14.8. The Kier molecular flexibility index (Phi) is 5.60. The van der Waals surface area contributed by atoms with Crippen LogP contribution < -0.4 is 4.81 Å². The Labute approximate surface area is 176 Å². The molecule has 7 heteroatoms. The van der Waals surface area contributed by atoms with Gasteiger partial charge in [0.2, 0.25) is 0 Å². The molecule has 0 N–H and O–H groups in total. The highest BCUT2D eigenvalue weighted by molar-refractivity contribution is 6.74. The van der Waals surface area contributed by atoms with E-state index in [0.717, 1.165) is 35.0 Å². The first-order chi connectivity index (χ1) is 13.4. The minimum Gasteiger partial charge on any atom is -0.396 e. The molecule has 2 heterocycles. The molecule has 1 aromatic rings. The third-order valence-electron chi connectivity index (χ3n) is 6.76. The zero-order chi connectivity index (χ0) is 21.7. The van der Waals surface area contributed by atoms with Gasteiger partial charge in [0.15, 0.2) is 8.32 Å². The van der Waals surface area contributed by atoms with Gasteiger partial charge in [-0.15, -0.1) is 0 Å². The molecule has 0 bridgehead atoms. The molecule has 2 aliphatic rings. The summed E-state index contributed by atoms with van der Waals surface area (Å²) < 4.78 is 6.90. The summed E-state index contributed by atoms with van der Waals surface area (Å²) in [6, 6.07) is 3.86. The van der Waals surface area contributed by atoms with E-state index in [2.05, 4.69) is 40.8 Å². The molecule has 0 fully saturated rings. The number of fused-ring (bicyclic) bond motifs is 2. The average molecular weight is 412 g/mol. The maximum Gasteiger partial charge on any atom is 0.312 e. The van der Waals surface area contributed by atoms with Gasteiger partial charge in [0.25, 0.3) is 5.91 Å². The van der Waals surface area contributed by atoms with Gasteiger partial charge in [-0.25, -0.2) is 0 Å². The average Bonchev–Trinajstić information content (AvgIpc) is 2.97. The Morgan fingerprint density at radius 2 is 1.79 bits per heavy atom. The van der Waals surface area contributed by atoms with Gasteiger partial charge in [-0.05, 0) is 68.6 Å². The molecule has 0 spiro atoms. The lowest BCUT2D eigenvalue weighted by atomic mass is 9.89. The van der Waals surface area contributed by atoms with Crippen LogP contribution in [-0.2, 0) is 9.22 Å². The number of anilines is 1. The topological polar surface area (TPSA) is 49.9 Å².